The first kappa shape index (κ1) is 23.7. The number of hydrogen-bond donors (Lipinski definition) is 2. The molecule has 0 atom stereocenters. The molecule has 180 valence electrons. The van der Waals surface area contributed by atoms with Gasteiger partial charge in [0, 0.05) is 50.0 Å². The molecule has 1 saturated heterocycles. The summed E-state index contributed by atoms with van der Waals surface area (Å²) in [6.45, 7) is 7.49. The number of aromatic nitrogens is 4. The number of carbonyl (C=O) groups is 2. The monoisotopic (exact) mass is 485 g/mol. The van der Waals surface area contributed by atoms with E-state index in [1.165, 1.54) is 0 Å². The van der Waals surface area contributed by atoms with Crippen LogP contribution in [0.15, 0.2) is 30.9 Å². The van der Waals surface area contributed by atoms with Crippen molar-refractivity contribution >= 4 is 35.1 Å². The zero-order valence-electron chi connectivity index (χ0n) is 19.4. The zero-order valence-corrected chi connectivity index (χ0v) is 20.2. The third-order valence-corrected chi connectivity index (χ3v) is 5.86. The number of likely N-dealkylation sites (tertiary alicyclic amines) is 1. The Morgan fingerprint density at radius 3 is 2.62 bits per heavy atom. The molecule has 0 spiro atoms. The van der Waals surface area contributed by atoms with Crippen LogP contribution in [0.3, 0.4) is 0 Å². The molecule has 11 heteroatoms. The summed E-state index contributed by atoms with van der Waals surface area (Å²) in [5, 5.41) is 3.84. The zero-order chi connectivity index (χ0) is 24.5. The van der Waals surface area contributed by atoms with Crippen LogP contribution in [0, 0.1) is 5.92 Å². The molecule has 4 heterocycles. The molecule has 1 aliphatic heterocycles. The standard InChI is InChI=1S/C23H28ClN7O3/c1-23(2,3)34-22(33)30-8-5-14(6-9-30)10-27-20-21-29-18(19(25)32)13-31(21)12-17(28-20)15-4-7-26-11-16(15)24/h4,7,11-14H,5-6,8-10H2,1-3H3,(H2,25,32)(H,27,28). The first-order valence-electron chi connectivity index (χ1n) is 11.1. The number of nitrogens with zero attached hydrogens (tertiary/aromatic N) is 5. The van der Waals surface area contributed by atoms with Crippen molar-refractivity contribution in [2.24, 2.45) is 11.7 Å². The van der Waals surface area contributed by atoms with Gasteiger partial charge in [-0.2, -0.15) is 0 Å². The van der Waals surface area contributed by atoms with Crippen LogP contribution in [0.1, 0.15) is 44.1 Å². The summed E-state index contributed by atoms with van der Waals surface area (Å²) >= 11 is 6.33. The molecule has 2 amide bonds. The third kappa shape index (κ3) is 5.39. The van der Waals surface area contributed by atoms with Crippen LogP contribution in [0.5, 0.6) is 0 Å². The van der Waals surface area contributed by atoms with Crippen molar-refractivity contribution in [1.29, 1.82) is 0 Å². The van der Waals surface area contributed by atoms with Crippen LogP contribution in [-0.4, -0.2) is 61.5 Å². The van der Waals surface area contributed by atoms with Gasteiger partial charge < -0.3 is 25.1 Å². The van der Waals surface area contributed by atoms with E-state index in [1.807, 2.05) is 20.8 Å². The van der Waals surface area contributed by atoms with E-state index in [4.69, 9.17) is 27.1 Å². The highest BCUT2D eigenvalue weighted by atomic mass is 35.5. The Labute approximate surface area is 202 Å². The first-order chi connectivity index (χ1) is 16.1. The van der Waals surface area contributed by atoms with Gasteiger partial charge in [-0.05, 0) is 45.6 Å². The summed E-state index contributed by atoms with van der Waals surface area (Å²) in [6.07, 6.45) is 7.90. The molecule has 3 N–H and O–H groups in total. The summed E-state index contributed by atoms with van der Waals surface area (Å²) in [7, 11) is 0. The molecule has 34 heavy (non-hydrogen) atoms. The van der Waals surface area contributed by atoms with E-state index >= 15 is 0 Å². The van der Waals surface area contributed by atoms with Gasteiger partial charge >= 0.3 is 6.09 Å². The Kier molecular flexibility index (Phi) is 6.60. The van der Waals surface area contributed by atoms with Crippen molar-refractivity contribution < 1.29 is 14.3 Å². The Morgan fingerprint density at radius 2 is 1.97 bits per heavy atom. The maximum absolute atomic E-state index is 12.3. The SMILES string of the molecule is CC(C)(C)OC(=O)N1CCC(CNc2nc(-c3ccncc3Cl)cn3cc(C(N)=O)nc23)CC1. The van der Waals surface area contributed by atoms with Crippen molar-refractivity contribution in [2.75, 3.05) is 25.0 Å². The van der Waals surface area contributed by atoms with Gasteiger partial charge in [0.25, 0.3) is 5.91 Å². The van der Waals surface area contributed by atoms with E-state index in [0.717, 1.165) is 12.8 Å². The van der Waals surface area contributed by atoms with E-state index in [-0.39, 0.29) is 11.8 Å². The van der Waals surface area contributed by atoms with Gasteiger partial charge in [-0.1, -0.05) is 11.6 Å². The lowest BCUT2D eigenvalue weighted by molar-refractivity contribution is 0.0188. The number of carbonyl (C=O) groups excluding carboxylic acids is 2. The molecular weight excluding hydrogens is 458 g/mol. The average Bonchev–Trinajstić information content (AvgIpc) is 3.22. The van der Waals surface area contributed by atoms with Crippen LogP contribution >= 0.6 is 11.6 Å². The number of piperidine rings is 1. The number of pyridine rings is 1. The summed E-state index contributed by atoms with van der Waals surface area (Å²) in [6, 6.07) is 1.78. The molecule has 0 saturated carbocycles. The highest BCUT2D eigenvalue weighted by Crippen LogP contribution is 2.28. The van der Waals surface area contributed by atoms with Crippen molar-refractivity contribution in [1.82, 2.24) is 24.3 Å². The predicted molar refractivity (Wildman–Crippen MR) is 129 cm³/mol. The number of amides is 2. The fourth-order valence-corrected chi connectivity index (χ4v) is 4.05. The molecule has 0 unspecified atom stereocenters. The van der Waals surface area contributed by atoms with Gasteiger partial charge in [0.05, 0.1) is 10.7 Å². The first-order valence-corrected chi connectivity index (χ1v) is 11.5. The van der Waals surface area contributed by atoms with Gasteiger partial charge in [0.2, 0.25) is 0 Å². The predicted octanol–water partition coefficient (Wildman–Crippen LogP) is 3.60. The van der Waals surface area contributed by atoms with Crippen LogP contribution in [0.2, 0.25) is 5.02 Å². The molecule has 0 aliphatic carbocycles. The molecule has 0 bridgehead atoms. The molecule has 10 nitrogen and oxygen atoms in total. The lowest BCUT2D eigenvalue weighted by Crippen LogP contribution is -2.42. The Morgan fingerprint density at radius 1 is 1.24 bits per heavy atom. The number of hydrogen-bond acceptors (Lipinski definition) is 7. The minimum absolute atomic E-state index is 0.147. The molecular formula is C23H28ClN7O3. The molecule has 1 aliphatic rings. The Hall–Kier alpha value is -3.40. The van der Waals surface area contributed by atoms with E-state index < -0.39 is 11.5 Å². The fraction of sp³-hybridized carbons (Fsp3) is 0.435. The van der Waals surface area contributed by atoms with E-state index in [2.05, 4.69) is 15.3 Å². The smallest absolute Gasteiger partial charge is 0.410 e. The number of anilines is 1. The average molecular weight is 486 g/mol. The number of nitrogens with one attached hydrogen (secondary N) is 1. The molecule has 0 radical (unpaired) electrons. The highest BCUT2D eigenvalue weighted by molar-refractivity contribution is 6.33. The largest absolute Gasteiger partial charge is 0.444 e. The number of primary amides is 1. The van der Waals surface area contributed by atoms with Crippen molar-refractivity contribution in [3.63, 3.8) is 0 Å². The van der Waals surface area contributed by atoms with Gasteiger partial charge in [-0.15, -0.1) is 0 Å². The number of imidazole rings is 1. The number of fused-ring (bicyclic) bond motifs is 1. The minimum atomic E-state index is -0.618. The number of rotatable bonds is 5. The summed E-state index contributed by atoms with van der Waals surface area (Å²) in [4.78, 5) is 38.9. The Balaban J connectivity index is 1.51. The summed E-state index contributed by atoms with van der Waals surface area (Å²) in [5.41, 5.74) is 6.89. The number of halogens is 1. The fourth-order valence-electron chi connectivity index (χ4n) is 3.84. The van der Waals surface area contributed by atoms with Gasteiger partial charge in [-0.3, -0.25) is 9.78 Å². The maximum atomic E-state index is 12.3. The van der Waals surface area contributed by atoms with Crippen molar-refractivity contribution in [3.05, 3.63) is 41.6 Å². The van der Waals surface area contributed by atoms with Crippen LogP contribution in [0.25, 0.3) is 16.9 Å². The normalized spacial score (nSPS) is 14.9. The van der Waals surface area contributed by atoms with Gasteiger partial charge in [0.15, 0.2) is 11.5 Å². The second kappa shape index (κ2) is 9.46. The summed E-state index contributed by atoms with van der Waals surface area (Å²) < 4.78 is 7.19. The molecule has 1 fully saturated rings. The lowest BCUT2D eigenvalue weighted by Gasteiger charge is -2.33. The molecule has 3 aromatic heterocycles. The van der Waals surface area contributed by atoms with E-state index in [0.29, 0.717) is 53.3 Å². The number of nitrogens with two attached hydrogens (primary N) is 1. The quantitative estimate of drug-likeness (QED) is 0.565. The van der Waals surface area contributed by atoms with Crippen LogP contribution in [0.4, 0.5) is 10.6 Å². The minimum Gasteiger partial charge on any atom is -0.444 e. The van der Waals surface area contributed by atoms with Crippen LogP contribution in [-0.2, 0) is 4.74 Å². The number of ether oxygens (including phenoxy) is 1. The molecule has 4 rings (SSSR count). The third-order valence-electron chi connectivity index (χ3n) is 5.56. The second-order valence-corrected chi connectivity index (χ2v) is 9.75. The Bertz CT molecular complexity index is 1210. The summed E-state index contributed by atoms with van der Waals surface area (Å²) in [5.74, 6) is 0.236. The van der Waals surface area contributed by atoms with Gasteiger partial charge in [-0.25, -0.2) is 14.8 Å². The van der Waals surface area contributed by atoms with E-state index in [9.17, 15) is 9.59 Å². The van der Waals surface area contributed by atoms with E-state index in [1.54, 1.807) is 40.2 Å². The lowest BCUT2D eigenvalue weighted by atomic mass is 9.97. The van der Waals surface area contributed by atoms with Crippen molar-refractivity contribution in [3.8, 4) is 11.3 Å². The van der Waals surface area contributed by atoms with Crippen LogP contribution < -0.4 is 11.1 Å². The maximum Gasteiger partial charge on any atom is 0.410 e. The molecule has 0 aromatic carbocycles. The topological polar surface area (TPSA) is 128 Å². The van der Waals surface area contributed by atoms with Gasteiger partial charge in [0.1, 0.15) is 11.3 Å². The molecule has 3 aromatic rings. The highest BCUT2D eigenvalue weighted by Gasteiger charge is 2.27. The second-order valence-electron chi connectivity index (χ2n) is 9.34. The van der Waals surface area contributed by atoms with Crippen molar-refractivity contribution in [2.45, 2.75) is 39.2 Å².